The van der Waals surface area contributed by atoms with E-state index in [1.165, 1.54) is 77.0 Å². The molecule has 0 bridgehead atoms. The Labute approximate surface area is 123 Å². The van der Waals surface area contributed by atoms with Crippen LogP contribution in [-0.2, 0) is 4.57 Å². The third-order valence-electron chi connectivity index (χ3n) is 4.01. The first kappa shape index (κ1) is 19.1. The maximum Gasteiger partial charge on any atom is 0.158 e. The molecule has 0 heterocycles. The van der Waals surface area contributed by atoms with Crippen LogP contribution in [0.15, 0.2) is 0 Å². The van der Waals surface area contributed by atoms with E-state index in [0.717, 1.165) is 12.8 Å². The number of hydrogen-bond donors (Lipinski definition) is 0. The lowest BCUT2D eigenvalue weighted by atomic mass is 10.0. The second-order valence-corrected chi connectivity index (χ2v) is 6.79. The van der Waals surface area contributed by atoms with Gasteiger partial charge in [-0.3, -0.25) is 4.57 Å². The highest BCUT2D eigenvalue weighted by Crippen LogP contribution is 2.19. The van der Waals surface area contributed by atoms with Gasteiger partial charge in [0.15, 0.2) is 8.46 Å². The summed E-state index contributed by atoms with van der Waals surface area (Å²) in [4.78, 5) is 0. The molecule has 1 unspecified atom stereocenters. The van der Waals surface area contributed by atoms with E-state index in [9.17, 15) is 4.57 Å². The van der Waals surface area contributed by atoms with Crippen LogP contribution in [0.3, 0.4) is 0 Å². The van der Waals surface area contributed by atoms with Gasteiger partial charge < -0.3 is 0 Å². The Balaban J connectivity index is 3.04. The number of unbranched alkanes of at least 4 members (excludes halogenated alkanes) is 11. The van der Waals surface area contributed by atoms with Crippen molar-refractivity contribution < 1.29 is 4.57 Å². The molecule has 19 heavy (non-hydrogen) atoms. The first-order valence-corrected chi connectivity index (χ1v) is 9.55. The van der Waals surface area contributed by atoms with Crippen LogP contribution in [0.1, 0.15) is 104 Å². The topological polar surface area (TPSA) is 17.1 Å². The summed E-state index contributed by atoms with van der Waals surface area (Å²) in [6.45, 7) is 4.41. The van der Waals surface area contributed by atoms with Crippen molar-refractivity contribution in [2.75, 3.05) is 0 Å². The summed E-state index contributed by atoms with van der Waals surface area (Å²) in [6, 6.07) is 0. The van der Waals surface area contributed by atoms with E-state index in [1.54, 1.807) is 0 Å². The molecule has 0 amide bonds. The summed E-state index contributed by atoms with van der Waals surface area (Å²) in [5.74, 6) is 0. The van der Waals surface area contributed by atoms with Crippen molar-refractivity contribution in [2.24, 2.45) is 0 Å². The Bertz CT molecular complexity index is 182. The van der Waals surface area contributed by atoms with E-state index in [0.29, 0.717) is 14.1 Å². The van der Waals surface area contributed by atoms with Crippen LogP contribution in [0, 0.1) is 0 Å². The van der Waals surface area contributed by atoms with Crippen molar-refractivity contribution in [2.45, 2.75) is 109 Å². The molecule has 0 fully saturated rings. The van der Waals surface area contributed by atoms with Gasteiger partial charge in [0.2, 0.25) is 0 Å². The zero-order chi connectivity index (χ0) is 14.2. The van der Waals surface area contributed by atoms with Gasteiger partial charge in [-0.05, 0) is 12.8 Å². The van der Waals surface area contributed by atoms with E-state index in [4.69, 9.17) is 0 Å². The maximum absolute atomic E-state index is 10.8. The van der Waals surface area contributed by atoms with Crippen molar-refractivity contribution >= 4 is 8.46 Å². The Morgan fingerprint density at radius 2 is 1.11 bits per heavy atom. The van der Waals surface area contributed by atoms with E-state index in [2.05, 4.69) is 13.8 Å². The highest BCUT2D eigenvalue weighted by molar-refractivity contribution is 7.24. The molecular formula is C17H35OP. The minimum atomic E-state index is 0.357. The quantitative estimate of drug-likeness (QED) is 0.231. The highest BCUT2D eigenvalue weighted by atomic mass is 31.1. The highest BCUT2D eigenvalue weighted by Gasteiger charge is 2.04. The fraction of sp³-hybridized carbons (Fsp3) is 1.00. The van der Waals surface area contributed by atoms with Crippen molar-refractivity contribution in [1.82, 2.24) is 0 Å². The van der Waals surface area contributed by atoms with E-state index in [1.807, 2.05) is 0 Å². The van der Waals surface area contributed by atoms with Crippen molar-refractivity contribution in [1.29, 1.82) is 0 Å². The Morgan fingerprint density at radius 1 is 0.684 bits per heavy atom. The number of rotatable bonds is 15. The minimum absolute atomic E-state index is 0.357. The first-order chi connectivity index (χ1) is 9.35. The normalized spacial score (nSPS) is 12.9. The molecule has 0 aromatic heterocycles. The van der Waals surface area contributed by atoms with Gasteiger partial charge in [0.05, 0.1) is 0 Å². The average molecular weight is 286 g/mol. The maximum atomic E-state index is 10.8. The van der Waals surface area contributed by atoms with Gasteiger partial charge in [0, 0.05) is 5.66 Å². The Kier molecular flexibility index (Phi) is 16.2. The zero-order valence-electron chi connectivity index (χ0n) is 13.3. The molecule has 0 spiro atoms. The zero-order valence-corrected chi connectivity index (χ0v) is 14.2. The molecule has 1 atom stereocenters. The molecule has 1 nitrogen and oxygen atoms in total. The first-order valence-electron chi connectivity index (χ1n) is 8.67. The summed E-state index contributed by atoms with van der Waals surface area (Å²) in [7, 11) is 0.357. The van der Waals surface area contributed by atoms with Gasteiger partial charge in [0.1, 0.15) is 0 Å². The van der Waals surface area contributed by atoms with Gasteiger partial charge in [0.25, 0.3) is 0 Å². The average Bonchev–Trinajstić information content (AvgIpc) is 2.44. The lowest BCUT2D eigenvalue weighted by Gasteiger charge is -2.05. The van der Waals surface area contributed by atoms with Crippen LogP contribution in [0.4, 0.5) is 0 Å². The Hall–Kier alpha value is 0.100. The third-order valence-corrected chi connectivity index (χ3v) is 4.93. The van der Waals surface area contributed by atoms with E-state index in [-0.39, 0.29) is 0 Å². The second kappa shape index (κ2) is 16.2. The van der Waals surface area contributed by atoms with Crippen LogP contribution in [0.2, 0.25) is 0 Å². The lowest BCUT2D eigenvalue weighted by Crippen LogP contribution is -1.95. The summed E-state index contributed by atoms with van der Waals surface area (Å²) in [5, 5.41) is 0. The summed E-state index contributed by atoms with van der Waals surface area (Å²) < 4.78 is 10.8. The van der Waals surface area contributed by atoms with Crippen LogP contribution in [0.25, 0.3) is 0 Å². The lowest BCUT2D eigenvalue weighted by molar-refractivity contribution is 0.531. The minimum Gasteiger partial charge on any atom is -0.275 e. The molecule has 0 aromatic carbocycles. The van der Waals surface area contributed by atoms with Gasteiger partial charge in [-0.15, -0.1) is 0 Å². The molecule has 114 valence electrons. The smallest absolute Gasteiger partial charge is 0.158 e. The fourth-order valence-corrected chi connectivity index (χ4v) is 2.99. The van der Waals surface area contributed by atoms with Crippen LogP contribution in [-0.4, -0.2) is 5.66 Å². The number of hydrogen-bond acceptors (Lipinski definition) is 1. The standard InChI is InChI=1S/C17H35OP/c1-3-5-6-7-8-9-10-11-12-13-14-15-16-17(4-2)19-18/h17H,3-16H2,1-2H3. The SMILES string of the molecule is CCCCCCCCCCCCCCC(CC)P=O. The molecule has 0 radical (unpaired) electrons. The monoisotopic (exact) mass is 286 g/mol. The predicted molar refractivity (Wildman–Crippen MR) is 87.4 cm³/mol. The molecule has 0 N–H and O–H groups in total. The van der Waals surface area contributed by atoms with Gasteiger partial charge >= 0.3 is 0 Å². The second-order valence-electron chi connectivity index (χ2n) is 5.85. The van der Waals surface area contributed by atoms with Gasteiger partial charge in [-0.25, -0.2) is 0 Å². The van der Waals surface area contributed by atoms with Crippen molar-refractivity contribution in [3.8, 4) is 0 Å². The summed E-state index contributed by atoms with van der Waals surface area (Å²) >= 11 is 0. The van der Waals surface area contributed by atoms with Gasteiger partial charge in [-0.1, -0.05) is 90.9 Å². The van der Waals surface area contributed by atoms with Crippen LogP contribution in [0.5, 0.6) is 0 Å². The largest absolute Gasteiger partial charge is 0.275 e. The van der Waals surface area contributed by atoms with Crippen molar-refractivity contribution in [3.63, 3.8) is 0 Å². The van der Waals surface area contributed by atoms with Crippen LogP contribution < -0.4 is 0 Å². The summed E-state index contributed by atoms with van der Waals surface area (Å²) in [6.07, 6.45) is 19.0. The van der Waals surface area contributed by atoms with Crippen molar-refractivity contribution in [3.05, 3.63) is 0 Å². The Morgan fingerprint density at radius 3 is 1.47 bits per heavy atom. The molecule has 2 heteroatoms. The molecule has 0 aliphatic rings. The van der Waals surface area contributed by atoms with Gasteiger partial charge in [-0.2, -0.15) is 0 Å². The molecule has 0 rings (SSSR count). The fourth-order valence-electron chi connectivity index (χ4n) is 2.55. The van der Waals surface area contributed by atoms with Crippen LogP contribution >= 0.6 is 8.46 Å². The molecule has 0 saturated carbocycles. The summed E-state index contributed by atoms with van der Waals surface area (Å²) in [5.41, 5.74) is 0.420. The molecule has 0 aliphatic carbocycles. The third kappa shape index (κ3) is 14.3. The molecular weight excluding hydrogens is 251 g/mol. The predicted octanol–water partition coefficient (Wildman–Crippen LogP) is 7.15. The molecule has 0 aromatic rings. The van der Waals surface area contributed by atoms with E-state index >= 15 is 0 Å². The molecule has 0 saturated heterocycles. The molecule has 0 aliphatic heterocycles. The van der Waals surface area contributed by atoms with E-state index < -0.39 is 0 Å².